The molecule has 0 saturated heterocycles. The van der Waals surface area contributed by atoms with Crippen molar-refractivity contribution >= 4 is 13.3 Å². The van der Waals surface area contributed by atoms with Gasteiger partial charge in [-0.3, -0.25) is 9.36 Å². The molecule has 0 radical (unpaired) electrons. The van der Waals surface area contributed by atoms with E-state index in [1.807, 2.05) is 0 Å². The van der Waals surface area contributed by atoms with E-state index < -0.39 is 24.6 Å². The van der Waals surface area contributed by atoms with E-state index in [0.29, 0.717) is 22.6 Å². The van der Waals surface area contributed by atoms with E-state index >= 15 is 0 Å². The Balaban J connectivity index is 1.40. The summed E-state index contributed by atoms with van der Waals surface area (Å²) in [7, 11) is -3.25. The lowest BCUT2D eigenvalue weighted by atomic mass is 9.38. The molecule has 0 amide bonds. The van der Waals surface area contributed by atoms with Gasteiger partial charge >= 0.3 is 5.97 Å². The third-order valence-electron chi connectivity index (χ3n) is 7.12. The number of esters is 1. The Morgan fingerprint density at radius 3 is 2.47 bits per heavy atom. The highest BCUT2D eigenvalue weighted by molar-refractivity contribution is 7.60. The Hall–Kier alpha value is -1.20. The van der Waals surface area contributed by atoms with Crippen LogP contribution in [0.15, 0.2) is 4.52 Å². The van der Waals surface area contributed by atoms with Crippen LogP contribution in [0.4, 0.5) is 0 Å². The molecule has 0 bridgehead atoms. The molecule has 3 fully saturated rings. The third-order valence-corrected chi connectivity index (χ3v) is 9.42. The van der Waals surface area contributed by atoms with Crippen molar-refractivity contribution in [1.82, 2.24) is 10.1 Å². The van der Waals surface area contributed by atoms with Gasteiger partial charge in [-0.05, 0) is 77.0 Å². The number of aromatic nitrogens is 2. The minimum Gasteiger partial charge on any atom is -0.459 e. The largest absolute Gasteiger partial charge is 0.459 e. The van der Waals surface area contributed by atoms with Gasteiger partial charge in [0.05, 0.1) is 6.61 Å². The van der Waals surface area contributed by atoms with Gasteiger partial charge in [0.15, 0.2) is 5.82 Å². The second-order valence-corrected chi connectivity index (χ2v) is 13.6. The quantitative estimate of drug-likeness (QED) is 0.432. The second-order valence-electron chi connectivity index (χ2n) is 10.9. The van der Waals surface area contributed by atoms with Gasteiger partial charge in [-0.25, -0.2) is 0 Å². The first kappa shape index (κ1) is 22.0. The fraction of sp³-hybridized carbons (Fsp3) is 0.864. The molecule has 2 unspecified atom stereocenters. The summed E-state index contributed by atoms with van der Waals surface area (Å²) in [5.41, 5.74) is -0.445. The number of carbonyl (C=O) groups is 1. The van der Waals surface area contributed by atoms with Gasteiger partial charge < -0.3 is 13.8 Å². The molecule has 30 heavy (non-hydrogen) atoms. The molecule has 2 atom stereocenters. The Kier molecular flexibility index (Phi) is 5.46. The fourth-order valence-electron chi connectivity index (χ4n) is 5.87. The highest BCUT2D eigenvalue weighted by Crippen LogP contribution is 2.73. The molecule has 3 aliphatic rings. The van der Waals surface area contributed by atoms with Crippen molar-refractivity contribution in [1.29, 1.82) is 0 Å². The molecule has 168 valence electrons. The highest BCUT2D eigenvalue weighted by Gasteiger charge is 2.62. The predicted octanol–water partition coefficient (Wildman–Crippen LogP) is 5.09. The molecule has 1 heterocycles. The van der Waals surface area contributed by atoms with E-state index in [0.717, 1.165) is 18.7 Å². The molecule has 0 N–H and O–H groups in total. The van der Waals surface area contributed by atoms with Crippen LogP contribution < -0.4 is 0 Å². The van der Waals surface area contributed by atoms with E-state index in [-0.39, 0.29) is 13.0 Å². The first-order valence-corrected chi connectivity index (χ1v) is 13.4. The Labute approximate surface area is 179 Å². The zero-order valence-corrected chi connectivity index (χ0v) is 19.8. The Morgan fingerprint density at radius 1 is 1.27 bits per heavy atom. The van der Waals surface area contributed by atoms with Crippen molar-refractivity contribution in [2.24, 2.45) is 10.8 Å². The number of carbonyl (C=O) groups excluding carboxylic acids is 1. The summed E-state index contributed by atoms with van der Waals surface area (Å²) < 4.78 is 29.5. The summed E-state index contributed by atoms with van der Waals surface area (Å²) in [5, 5.41) is 4.18. The van der Waals surface area contributed by atoms with E-state index in [2.05, 4.69) is 10.1 Å². The number of ether oxygens (including phenoxy) is 1. The van der Waals surface area contributed by atoms with Gasteiger partial charge in [0.2, 0.25) is 13.3 Å². The SMILES string of the molecule is CCOP(C)(=O)C(Cc1nc(C2CC3(C2)CC2(CCC2)C3)no1)C(=O)OC(C)(C)C. The van der Waals surface area contributed by atoms with Crippen LogP contribution in [-0.2, 0) is 25.0 Å². The zero-order chi connectivity index (χ0) is 21.8. The van der Waals surface area contributed by atoms with Crippen molar-refractivity contribution in [3.63, 3.8) is 0 Å². The van der Waals surface area contributed by atoms with Crippen LogP contribution in [0, 0.1) is 10.8 Å². The normalized spacial score (nSPS) is 25.1. The third kappa shape index (κ3) is 4.25. The topological polar surface area (TPSA) is 91.5 Å². The molecule has 1 aromatic rings. The first-order chi connectivity index (χ1) is 13.9. The monoisotopic (exact) mass is 438 g/mol. The van der Waals surface area contributed by atoms with Crippen LogP contribution in [0.1, 0.15) is 90.3 Å². The number of hydrogen-bond donors (Lipinski definition) is 0. The lowest BCUT2D eigenvalue weighted by Crippen LogP contribution is -2.55. The summed E-state index contributed by atoms with van der Waals surface area (Å²) in [5.74, 6) is 0.827. The number of nitrogens with zero attached hydrogens (tertiary/aromatic N) is 2. The van der Waals surface area contributed by atoms with Crippen molar-refractivity contribution in [3.05, 3.63) is 11.7 Å². The van der Waals surface area contributed by atoms with Gasteiger partial charge in [0.25, 0.3) is 0 Å². The van der Waals surface area contributed by atoms with E-state index in [4.69, 9.17) is 13.8 Å². The molecule has 7 nitrogen and oxygen atoms in total. The van der Waals surface area contributed by atoms with Crippen LogP contribution >= 0.6 is 7.37 Å². The summed E-state index contributed by atoms with van der Waals surface area (Å²) in [6.45, 7) is 8.85. The van der Waals surface area contributed by atoms with Gasteiger partial charge in [-0.15, -0.1) is 0 Å². The van der Waals surface area contributed by atoms with E-state index in [1.54, 1.807) is 27.7 Å². The second kappa shape index (κ2) is 7.44. The molecule has 0 aromatic carbocycles. The maximum absolute atomic E-state index is 13.1. The number of hydrogen-bond acceptors (Lipinski definition) is 7. The Morgan fingerprint density at radius 2 is 1.93 bits per heavy atom. The van der Waals surface area contributed by atoms with E-state index in [1.165, 1.54) is 38.8 Å². The van der Waals surface area contributed by atoms with Crippen LogP contribution in [0.25, 0.3) is 0 Å². The minimum absolute atomic E-state index is 0.0661. The first-order valence-electron chi connectivity index (χ1n) is 11.2. The minimum atomic E-state index is -3.25. The van der Waals surface area contributed by atoms with Crippen LogP contribution in [0.5, 0.6) is 0 Å². The standard InChI is InChI=1S/C22H35N2O5P/c1-6-27-30(5,26)16(19(25)28-20(2,3)4)10-17-23-18(24-29-17)15-11-22(12-15)13-21(14-22)8-7-9-21/h15-16H,6-14H2,1-5H3. The van der Waals surface area contributed by atoms with Crippen molar-refractivity contribution in [3.8, 4) is 0 Å². The van der Waals surface area contributed by atoms with Gasteiger partial charge in [-0.1, -0.05) is 11.6 Å². The zero-order valence-electron chi connectivity index (χ0n) is 18.9. The smallest absolute Gasteiger partial charge is 0.319 e. The molecule has 1 aromatic heterocycles. The molecular weight excluding hydrogens is 403 g/mol. The van der Waals surface area contributed by atoms with Crippen LogP contribution in [-0.4, -0.2) is 40.6 Å². The summed E-state index contributed by atoms with van der Waals surface area (Å²) in [4.78, 5) is 17.3. The molecule has 0 aliphatic heterocycles. The van der Waals surface area contributed by atoms with Gasteiger partial charge in [0, 0.05) is 19.0 Å². The van der Waals surface area contributed by atoms with Crippen LogP contribution in [0.3, 0.4) is 0 Å². The van der Waals surface area contributed by atoms with Gasteiger partial charge in [0.1, 0.15) is 11.3 Å². The average Bonchev–Trinajstić information content (AvgIpc) is 2.95. The highest BCUT2D eigenvalue weighted by atomic mass is 31.2. The van der Waals surface area contributed by atoms with Gasteiger partial charge in [-0.2, -0.15) is 4.98 Å². The summed E-state index contributed by atoms with van der Waals surface area (Å²) >= 11 is 0. The summed E-state index contributed by atoms with van der Waals surface area (Å²) in [6, 6.07) is 0. The molecule has 8 heteroatoms. The van der Waals surface area contributed by atoms with Crippen molar-refractivity contribution in [2.45, 2.75) is 96.2 Å². The van der Waals surface area contributed by atoms with Crippen molar-refractivity contribution in [2.75, 3.05) is 13.3 Å². The maximum Gasteiger partial charge on any atom is 0.319 e. The number of rotatable bonds is 7. The Bertz CT molecular complexity index is 838. The maximum atomic E-state index is 13.1. The summed E-state index contributed by atoms with van der Waals surface area (Å²) in [6.07, 6.45) is 9.29. The van der Waals surface area contributed by atoms with Crippen molar-refractivity contribution < 1.29 is 23.1 Å². The molecule has 4 rings (SSSR count). The lowest BCUT2D eigenvalue weighted by Gasteiger charge is -2.66. The lowest BCUT2D eigenvalue weighted by molar-refractivity contribution is -0.154. The molecule has 2 spiro atoms. The fourth-order valence-corrected chi connectivity index (χ4v) is 7.48. The molecule has 3 aliphatic carbocycles. The van der Waals surface area contributed by atoms with E-state index in [9.17, 15) is 9.36 Å². The molecular formula is C22H35N2O5P. The molecule has 3 saturated carbocycles. The predicted molar refractivity (Wildman–Crippen MR) is 113 cm³/mol. The van der Waals surface area contributed by atoms with Crippen LogP contribution in [0.2, 0.25) is 0 Å². The average molecular weight is 439 g/mol.